The van der Waals surface area contributed by atoms with Gasteiger partial charge in [0.15, 0.2) is 0 Å². The summed E-state index contributed by atoms with van der Waals surface area (Å²) in [6, 6.07) is -0.837. The highest BCUT2D eigenvalue weighted by molar-refractivity contribution is 7.47. The number of carbonyl (C=O) groups is 1. The van der Waals surface area contributed by atoms with Crippen molar-refractivity contribution in [2.75, 3.05) is 40.9 Å². The van der Waals surface area contributed by atoms with E-state index in [2.05, 4.69) is 19.2 Å². The molecule has 3 atom stereocenters. The smallest absolute Gasteiger partial charge is 0.387 e. The van der Waals surface area contributed by atoms with Crippen LogP contribution in [-0.2, 0) is 18.4 Å². The molecule has 9 heteroatoms. The number of allylic oxidation sites excluding steroid dienone is 1. The molecular formula is C44H90N2O6P+. The van der Waals surface area contributed by atoms with Crippen LogP contribution >= 0.6 is 7.82 Å². The molecule has 0 spiro atoms. The number of hydrogen-bond acceptors (Lipinski definition) is 5. The number of unbranched alkanes of at least 4 members (excludes halogenated alkanes) is 28. The van der Waals surface area contributed by atoms with Gasteiger partial charge in [0.2, 0.25) is 5.91 Å². The molecule has 8 nitrogen and oxygen atoms in total. The molecule has 53 heavy (non-hydrogen) atoms. The molecule has 0 aliphatic rings. The Balaban J connectivity index is 4.05. The number of phosphoric acid groups is 1. The summed E-state index contributed by atoms with van der Waals surface area (Å²) in [6.07, 6.45) is 41.7. The van der Waals surface area contributed by atoms with Gasteiger partial charge in [-0.2, -0.15) is 0 Å². The van der Waals surface area contributed by atoms with Gasteiger partial charge in [-0.1, -0.05) is 199 Å². The number of quaternary nitrogens is 1. The van der Waals surface area contributed by atoms with E-state index in [9.17, 15) is 19.4 Å². The molecule has 0 aliphatic heterocycles. The topological polar surface area (TPSA) is 105 Å². The number of likely N-dealkylation sites (N-methyl/N-ethyl adjacent to an activating group) is 1. The summed E-state index contributed by atoms with van der Waals surface area (Å²) < 4.78 is 23.4. The van der Waals surface area contributed by atoms with E-state index in [0.29, 0.717) is 17.4 Å². The standard InChI is InChI=1S/C44H89N2O6P/c1-6-8-10-12-14-15-16-17-18-19-20-21-22-23-24-25-26-27-28-29-30-32-34-36-38-44(48)45-42(43(47)37-35-33-31-13-11-9-7-2)41-52-53(49,50)51-40-39-46(3,4)5/h35,37,42-43,47H,6-34,36,38-41H2,1-5H3,(H-,45,48,49,50)/p+1/b37-35+. The lowest BCUT2D eigenvalue weighted by Crippen LogP contribution is -2.45. The molecule has 0 fully saturated rings. The van der Waals surface area contributed by atoms with E-state index in [0.717, 1.165) is 38.5 Å². The van der Waals surface area contributed by atoms with Gasteiger partial charge in [0, 0.05) is 6.42 Å². The third-order valence-electron chi connectivity index (χ3n) is 10.3. The average molecular weight is 774 g/mol. The van der Waals surface area contributed by atoms with Crippen molar-refractivity contribution in [2.45, 2.75) is 225 Å². The molecule has 316 valence electrons. The van der Waals surface area contributed by atoms with Crippen LogP contribution in [0.15, 0.2) is 12.2 Å². The van der Waals surface area contributed by atoms with Crippen LogP contribution in [0.25, 0.3) is 0 Å². The molecule has 0 saturated heterocycles. The Labute approximate surface area is 329 Å². The fourth-order valence-corrected chi connectivity index (χ4v) is 7.37. The summed E-state index contributed by atoms with van der Waals surface area (Å²) >= 11 is 0. The summed E-state index contributed by atoms with van der Waals surface area (Å²) in [5.74, 6) is -0.178. The number of aliphatic hydroxyl groups excluding tert-OH is 1. The van der Waals surface area contributed by atoms with E-state index in [1.807, 2.05) is 27.2 Å². The third kappa shape index (κ3) is 39.3. The van der Waals surface area contributed by atoms with Gasteiger partial charge in [-0.25, -0.2) is 4.57 Å². The maximum atomic E-state index is 12.8. The predicted molar refractivity (Wildman–Crippen MR) is 226 cm³/mol. The lowest BCUT2D eigenvalue weighted by atomic mass is 10.0. The predicted octanol–water partition coefficient (Wildman–Crippen LogP) is 12.4. The maximum absolute atomic E-state index is 12.8. The summed E-state index contributed by atoms with van der Waals surface area (Å²) in [4.78, 5) is 23.0. The van der Waals surface area contributed by atoms with Crippen LogP contribution < -0.4 is 5.32 Å². The van der Waals surface area contributed by atoms with Crippen LogP contribution in [0.5, 0.6) is 0 Å². The zero-order valence-electron chi connectivity index (χ0n) is 35.8. The fraction of sp³-hybridized carbons (Fsp3) is 0.932. The minimum absolute atomic E-state index is 0.0638. The summed E-state index contributed by atoms with van der Waals surface area (Å²) in [6.45, 7) is 4.77. The molecule has 0 saturated carbocycles. The molecule has 0 heterocycles. The van der Waals surface area contributed by atoms with Gasteiger partial charge in [0.1, 0.15) is 13.2 Å². The van der Waals surface area contributed by atoms with Crippen LogP contribution in [0, 0.1) is 0 Å². The van der Waals surface area contributed by atoms with Gasteiger partial charge in [0.25, 0.3) is 0 Å². The average Bonchev–Trinajstić information content (AvgIpc) is 3.10. The highest BCUT2D eigenvalue weighted by Gasteiger charge is 2.27. The largest absolute Gasteiger partial charge is 0.472 e. The number of amides is 1. The maximum Gasteiger partial charge on any atom is 0.472 e. The normalized spacial score (nSPS) is 14.5. The number of aliphatic hydroxyl groups is 1. The van der Waals surface area contributed by atoms with E-state index in [1.165, 1.54) is 154 Å². The molecule has 1 amide bonds. The van der Waals surface area contributed by atoms with Gasteiger partial charge in [-0.05, 0) is 19.3 Å². The number of nitrogens with one attached hydrogen (secondary N) is 1. The van der Waals surface area contributed by atoms with Crippen molar-refractivity contribution in [3.8, 4) is 0 Å². The lowest BCUT2D eigenvalue weighted by molar-refractivity contribution is -0.870. The van der Waals surface area contributed by atoms with E-state index >= 15 is 0 Å². The van der Waals surface area contributed by atoms with Gasteiger partial charge in [-0.15, -0.1) is 0 Å². The van der Waals surface area contributed by atoms with Gasteiger partial charge in [-0.3, -0.25) is 13.8 Å². The van der Waals surface area contributed by atoms with Crippen LogP contribution in [0.2, 0.25) is 0 Å². The van der Waals surface area contributed by atoms with Crippen LogP contribution in [0.4, 0.5) is 0 Å². The molecular weight excluding hydrogens is 683 g/mol. The van der Waals surface area contributed by atoms with E-state index < -0.39 is 20.0 Å². The van der Waals surface area contributed by atoms with E-state index in [-0.39, 0.29) is 19.1 Å². The summed E-state index contributed by atoms with van der Waals surface area (Å²) in [5.41, 5.74) is 0. The quantitative estimate of drug-likeness (QED) is 0.0247. The highest BCUT2D eigenvalue weighted by Crippen LogP contribution is 2.43. The molecule has 0 rings (SSSR count). The zero-order valence-corrected chi connectivity index (χ0v) is 36.7. The fourth-order valence-electron chi connectivity index (χ4n) is 6.63. The van der Waals surface area contributed by atoms with Crippen molar-refractivity contribution in [3.63, 3.8) is 0 Å². The molecule has 3 unspecified atom stereocenters. The Morgan fingerprint density at radius 1 is 0.623 bits per heavy atom. The Hall–Kier alpha value is -0.760. The molecule has 0 bridgehead atoms. The van der Waals surface area contributed by atoms with E-state index in [1.54, 1.807) is 6.08 Å². The molecule has 3 N–H and O–H groups in total. The van der Waals surface area contributed by atoms with Crippen molar-refractivity contribution in [1.82, 2.24) is 5.32 Å². The Bertz CT molecular complexity index is 880. The third-order valence-corrected chi connectivity index (χ3v) is 11.2. The van der Waals surface area contributed by atoms with Gasteiger partial charge >= 0.3 is 7.82 Å². The van der Waals surface area contributed by atoms with Crippen molar-refractivity contribution < 1.29 is 32.9 Å². The molecule has 0 aliphatic carbocycles. The Morgan fingerprint density at radius 3 is 1.40 bits per heavy atom. The minimum Gasteiger partial charge on any atom is -0.387 e. The summed E-state index contributed by atoms with van der Waals surface area (Å²) in [7, 11) is 1.58. The van der Waals surface area contributed by atoms with Crippen molar-refractivity contribution in [3.05, 3.63) is 12.2 Å². The molecule has 0 aromatic heterocycles. The number of hydrogen-bond donors (Lipinski definition) is 3. The first-order valence-electron chi connectivity index (χ1n) is 22.6. The molecule has 0 aromatic carbocycles. The Kier molecular flexibility index (Phi) is 36.3. The first-order valence-corrected chi connectivity index (χ1v) is 24.1. The van der Waals surface area contributed by atoms with Crippen molar-refractivity contribution in [1.29, 1.82) is 0 Å². The highest BCUT2D eigenvalue weighted by atomic mass is 31.2. The monoisotopic (exact) mass is 774 g/mol. The minimum atomic E-state index is -4.32. The molecule has 0 aromatic rings. The summed E-state index contributed by atoms with van der Waals surface area (Å²) in [5, 5.41) is 13.7. The number of carbonyl (C=O) groups excluding carboxylic acids is 1. The lowest BCUT2D eigenvalue weighted by Gasteiger charge is -2.25. The van der Waals surface area contributed by atoms with Crippen molar-refractivity contribution in [2.24, 2.45) is 0 Å². The van der Waals surface area contributed by atoms with Crippen LogP contribution in [0.3, 0.4) is 0 Å². The number of rotatable bonds is 41. The van der Waals surface area contributed by atoms with Crippen LogP contribution in [0.1, 0.15) is 213 Å². The second-order valence-electron chi connectivity index (χ2n) is 16.8. The van der Waals surface area contributed by atoms with Gasteiger partial charge in [0.05, 0.1) is 39.9 Å². The van der Waals surface area contributed by atoms with Crippen LogP contribution in [-0.4, -0.2) is 73.4 Å². The zero-order chi connectivity index (χ0) is 39.3. The SMILES string of the molecule is CCCCCCC/C=C/C(O)C(COP(=O)(O)OCC[N+](C)(C)C)NC(=O)CCCCCCCCCCCCCCCCCCCCCCCCCC. The second kappa shape index (κ2) is 36.9. The molecule has 0 radical (unpaired) electrons. The van der Waals surface area contributed by atoms with E-state index in [4.69, 9.17) is 9.05 Å². The van der Waals surface area contributed by atoms with Crippen molar-refractivity contribution >= 4 is 13.7 Å². The number of phosphoric ester groups is 1. The first-order chi connectivity index (χ1) is 25.5. The second-order valence-corrected chi connectivity index (χ2v) is 18.2. The first kappa shape index (κ1) is 52.2. The number of nitrogens with zero attached hydrogens (tertiary/aromatic N) is 1. The van der Waals surface area contributed by atoms with Gasteiger partial charge < -0.3 is 19.8 Å². The Morgan fingerprint density at radius 2 is 1.00 bits per heavy atom.